The van der Waals surface area contributed by atoms with Gasteiger partial charge in [-0.1, -0.05) is 18.6 Å². The fourth-order valence-corrected chi connectivity index (χ4v) is 5.60. The van der Waals surface area contributed by atoms with E-state index < -0.39 is 10.0 Å². The first-order valence-electron chi connectivity index (χ1n) is 10.6. The highest BCUT2D eigenvalue weighted by Gasteiger charge is 2.35. The van der Waals surface area contributed by atoms with Gasteiger partial charge in [0.05, 0.1) is 11.3 Å². The van der Waals surface area contributed by atoms with Gasteiger partial charge in [0.2, 0.25) is 21.8 Å². The fraction of sp³-hybridized carbons (Fsp3) is 0.619. The van der Waals surface area contributed by atoms with Gasteiger partial charge in [-0.05, 0) is 43.4 Å². The van der Waals surface area contributed by atoms with Crippen LogP contribution in [-0.4, -0.2) is 73.6 Å². The maximum atomic E-state index is 12.7. The van der Waals surface area contributed by atoms with Crippen molar-refractivity contribution in [2.75, 3.05) is 39.3 Å². The molecule has 2 saturated heterocycles. The lowest BCUT2D eigenvalue weighted by Crippen LogP contribution is -2.51. The molecule has 0 spiro atoms. The minimum absolute atomic E-state index is 0.0233. The summed E-state index contributed by atoms with van der Waals surface area (Å²) in [4.78, 5) is 28.7. The van der Waals surface area contributed by atoms with Crippen molar-refractivity contribution in [3.05, 3.63) is 29.8 Å². The fourth-order valence-electron chi connectivity index (χ4n) is 4.08. The van der Waals surface area contributed by atoms with E-state index in [0.29, 0.717) is 44.2 Å². The lowest BCUT2D eigenvalue weighted by molar-refractivity contribution is -0.140. The third-order valence-electron chi connectivity index (χ3n) is 6.10. The summed E-state index contributed by atoms with van der Waals surface area (Å²) in [6.07, 6.45) is 5.15. The molecule has 7 nitrogen and oxygen atoms in total. The average molecular weight is 420 g/mol. The number of rotatable bonds is 5. The van der Waals surface area contributed by atoms with Gasteiger partial charge in [-0.15, -0.1) is 0 Å². The highest BCUT2D eigenvalue weighted by Crippen LogP contribution is 2.31. The summed E-state index contributed by atoms with van der Waals surface area (Å²) in [5.41, 5.74) is 0.809. The number of hydrogen-bond donors (Lipinski definition) is 0. The molecule has 8 heteroatoms. The van der Waals surface area contributed by atoms with Crippen molar-refractivity contribution in [3.8, 4) is 0 Å². The molecular formula is C21H29N3O4S. The van der Waals surface area contributed by atoms with E-state index in [2.05, 4.69) is 0 Å². The Morgan fingerprint density at radius 3 is 2.00 bits per heavy atom. The summed E-state index contributed by atoms with van der Waals surface area (Å²) in [7, 11) is -3.44. The van der Waals surface area contributed by atoms with Crippen LogP contribution < -0.4 is 0 Å². The Bertz CT molecular complexity index is 850. The molecule has 1 aromatic rings. The largest absolute Gasteiger partial charge is 0.339 e. The third-order valence-corrected chi connectivity index (χ3v) is 8.02. The Balaban J connectivity index is 1.31. The van der Waals surface area contributed by atoms with Gasteiger partial charge in [0.1, 0.15) is 0 Å². The molecule has 2 amide bonds. The number of piperidine rings is 1. The van der Waals surface area contributed by atoms with Crippen molar-refractivity contribution < 1.29 is 18.0 Å². The number of benzene rings is 1. The predicted molar refractivity (Wildman–Crippen MR) is 109 cm³/mol. The maximum Gasteiger partial charge on any atom is 0.243 e. The van der Waals surface area contributed by atoms with E-state index in [1.54, 1.807) is 33.5 Å². The van der Waals surface area contributed by atoms with Gasteiger partial charge in [-0.2, -0.15) is 4.31 Å². The van der Waals surface area contributed by atoms with Crippen molar-refractivity contribution in [3.63, 3.8) is 0 Å². The molecule has 0 unspecified atom stereocenters. The Morgan fingerprint density at radius 2 is 1.41 bits per heavy atom. The zero-order chi connectivity index (χ0) is 20.4. The van der Waals surface area contributed by atoms with Gasteiger partial charge in [0, 0.05) is 45.2 Å². The topological polar surface area (TPSA) is 78.0 Å². The summed E-state index contributed by atoms with van der Waals surface area (Å²) in [6, 6.07) is 6.70. The van der Waals surface area contributed by atoms with Crippen LogP contribution in [-0.2, 0) is 26.0 Å². The highest BCUT2D eigenvalue weighted by atomic mass is 32.2. The van der Waals surface area contributed by atoms with E-state index in [0.717, 1.165) is 37.7 Å². The first-order valence-corrected chi connectivity index (χ1v) is 12.0. The quantitative estimate of drug-likeness (QED) is 0.724. The summed E-state index contributed by atoms with van der Waals surface area (Å²) in [5.74, 6) is 0.481. The molecule has 0 N–H and O–H groups in total. The van der Waals surface area contributed by atoms with Gasteiger partial charge in [0.25, 0.3) is 0 Å². The Labute approximate surface area is 172 Å². The smallest absolute Gasteiger partial charge is 0.243 e. The van der Waals surface area contributed by atoms with E-state index in [1.807, 2.05) is 4.90 Å². The van der Waals surface area contributed by atoms with E-state index in [-0.39, 0.29) is 24.2 Å². The molecule has 1 aromatic carbocycles. The monoisotopic (exact) mass is 419 g/mol. The van der Waals surface area contributed by atoms with Gasteiger partial charge >= 0.3 is 0 Å². The zero-order valence-corrected chi connectivity index (χ0v) is 17.6. The van der Waals surface area contributed by atoms with Crippen LogP contribution in [0.2, 0.25) is 0 Å². The van der Waals surface area contributed by atoms with Crippen molar-refractivity contribution >= 4 is 21.8 Å². The van der Waals surface area contributed by atoms with E-state index in [9.17, 15) is 18.0 Å². The summed E-state index contributed by atoms with van der Waals surface area (Å²) in [5, 5.41) is 0. The van der Waals surface area contributed by atoms with E-state index >= 15 is 0 Å². The second kappa shape index (κ2) is 8.44. The van der Waals surface area contributed by atoms with Crippen LogP contribution in [0.5, 0.6) is 0 Å². The van der Waals surface area contributed by atoms with Crippen LogP contribution in [0.3, 0.4) is 0 Å². The maximum absolute atomic E-state index is 12.7. The molecule has 0 aromatic heterocycles. The van der Waals surface area contributed by atoms with Crippen molar-refractivity contribution in [1.29, 1.82) is 0 Å². The second-order valence-corrected chi connectivity index (χ2v) is 10.2. The van der Waals surface area contributed by atoms with Crippen LogP contribution in [0.25, 0.3) is 0 Å². The molecule has 0 bridgehead atoms. The number of nitrogens with zero attached hydrogens (tertiary/aromatic N) is 3. The van der Waals surface area contributed by atoms with Crippen LogP contribution in [0.4, 0.5) is 0 Å². The molecule has 0 atom stereocenters. The molecule has 1 saturated carbocycles. The molecule has 29 heavy (non-hydrogen) atoms. The van der Waals surface area contributed by atoms with Crippen LogP contribution >= 0.6 is 0 Å². The Kier molecular flexibility index (Phi) is 5.92. The minimum Gasteiger partial charge on any atom is -0.339 e. The molecule has 0 radical (unpaired) electrons. The van der Waals surface area contributed by atoms with Gasteiger partial charge < -0.3 is 9.80 Å². The summed E-state index contributed by atoms with van der Waals surface area (Å²) in [6.45, 7) is 3.51. The second-order valence-electron chi connectivity index (χ2n) is 8.27. The van der Waals surface area contributed by atoms with E-state index in [4.69, 9.17) is 0 Å². The molecule has 158 valence electrons. The molecule has 3 fully saturated rings. The van der Waals surface area contributed by atoms with E-state index in [1.165, 1.54) is 0 Å². The van der Waals surface area contributed by atoms with Crippen molar-refractivity contribution in [2.24, 2.45) is 5.92 Å². The summed E-state index contributed by atoms with van der Waals surface area (Å²) < 4.78 is 27.0. The molecule has 2 heterocycles. The molecular weight excluding hydrogens is 390 g/mol. The third kappa shape index (κ3) is 4.64. The number of piperazine rings is 1. The van der Waals surface area contributed by atoms with Crippen LogP contribution in [0.1, 0.15) is 37.7 Å². The normalized spacial score (nSPS) is 21.2. The number of amides is 2. The van der Waals surface area contributed by atoms with Crippen molar-refractivity contribution in [2.45, 2.75) is 43.4 Å². The molecule has 4 rings (SSSR count). The number of hydrogen-bond acceptors (Lipinski definition) is 4. The zero-order valence-electron chi connectivity index (χ0n) is 16.8. The molecule has 3 aliphatic rings. The highest BCUT2D eigenvalue weighted by molar-refractivity contribution is 7.89. The Morgan fingerprint density at radius 1 is 0.828 bits per heavy atom. The SMILES string of the molecule is O=C(Cc1ccc(S(=O)(=O)N2CCCCC2)cc1)N1CCN(C(=O)C2CC2)CC1. The predicted octanol–water partition coefficient (Wildman–Crippen LogP) is 1.48. The van der Waals surface area contributed by atoms with Gasteiger partial charge in [-0.3, -0.25) is 9.59 Å². The van der Waals surface area contributed by atoms with Crippen LogP contribution in [0.15, 0.2) is 29.2 Å². The molecule has 2 aliphatic heterocycles. The number of carbonyl (C=O) groups is 2. The summed E-state index contributed by atoms with van der Waals surface area (Å²) >= 11 is 0. The average Bonchev–Trinajstić information content (AvgIpc) is 3.60. The minimum atomic E-state index is -3.44. The van der Waals surface area contributed by atoms with Gasteiger partial charge in [0.15, 0.2) is 0 Å². The first kappa shape index (κ1) is 20.3. The van der Waals surface area contributed by atoms with Crippen molar-refractivity contribution in [1.82, 2.24) is 14.1 Å². The number of carbonyl (C=O) groups excluding carboxylic acids is 2. The molecule has 1 aliphatic carbocycles. The Hall–Kier alpha value is -1.93. The lowest BCUT2D eigenvalue weighted by Gasteiger charge is -2.35. The van der Waals surface area contributed by atoms with Gasteiger partial charge in [-0.25, -0.2) is 8.42 Å². The number of sulfonamides is 1. The first-order chi connectivity index (χ1) is 13.9. The standard InChI is InChI=1S/C21H29N3O4S/c25-20(22-12-14-23(15-13-22)21(26)18-6-7-18)16-17-4-8-19(9-5-17)29(27,28)24-10-2-1-3-11-24/h4-5,8-9,18H,1-3,6-7,10-16H2. The van der Waals surface area contributed by atoms with Crippen LogP contribution in [0, 0.1) is 5.92 Å². The lowest BCUT2D eigenvalue weighted by atomic mass is 10.1.